The summed E-state index contributed by atoms with van der Waals surface area (Å²) in [5, 5.41) is 0. The molecule has 0 aromatic carbocycles. The Hall–Kier alpha value is -0.660. The van der Waals surface area contributed by atoms with Crippen LogP contribution in [-0.2, 0) is 0 Å². The summed E-state index contributed by atoms with van der Waals surface area (Å²) in [6.45, 7) is 6.47. The minimum atomic E-state index is 0.366. The molecule has 0 saturated carbocycles. The molecule has 2 nitrogen and oxygen atoms in total. The van der Waals surface area contributed by atoms with Gasteiger partial charge in [0.25, 0.3) is 0 Å². The first-order chi connectivity index (χ1) is 4.72. The summed E-state index contributed by atoms with van der Waals surface area (Å²) in [6.07, 6.45) is 3.58. The van der Waals surface area contributed by atoms with Gasteiger partial charge in [-0.1, -0.05) is 13.8 Å². The average Bonchev–Trinajstić information content (AvgIpc) is 1.88. The number of hydrogen-bond donors (Lipinski definition) is 0. The monoisotopic (exact) mass is 138 g/mol. The number of aliphatic imine (C=N–C) groups is 2. The van der Waals surface area contributed by atoms with E-state index in [1.165, 1.54) is 0 Å². The third-order valence-electron chi connectivity index (χ3n) is 1.82. The van der Waals surface area contributed by atoms with Crippen LogP contribution in [0, 0.1) is 5.92 Å². The maximum absolute atomic E-state index is 4.34. The topological polar surface area (TPSA) is 24.7 Å². The highest BCUT2D eigenvalue weighted by Crippen LogP contribution is 2.14. The van der Waals surface area contributed by atoms with E-state index in [0.29, 0.717) is 18.0 Å². The quantitative estimate of drug-likeness (QED) is 0.525. The van der Waals surface area contributed by atoms with Crippen LogP contribution in [0.1, 0.15) is 20.8 Å². The molecule has 1 aliphatic heterocycles. The van der Waals surface area contributed by atoms with Gasteiger partial charge in [0.2, 0.25) is 0 Å². The molecule has 2 atom stereocenters. The average molecular weight is 138 g/mol. The first kappa shape index (κ1) is 7.45. The molecule has 0 aromatic heterocycles. The molecule has 1 rings (SSSR count). The van der Waals surface area contributed by atoms with Crippen molar-refractivity contribution in [2.24, 2.45) is 15.9 Å². The molecule has 0 fully saturated rings. The Morgan fingerprint density at radius 2 is 1.80 bits per heavy atom. The van der Waals surface area contributed by atoms with Crippen molar-refractivity contribution < 1.29 is 0 Å². The summed E-state index contributed by atoms with van der Waals surface area (Å²) in [4.78, 5) is 8.59. The van der Waals surface area contributed by atoms with Gasteiger partial charge < -0.3 is 0 Å². The molecule has 0 saturated heterocycles. The number of nitrogens with zero attached hydrogens (tertiary/aromatic N) is 2. The Balaban J connectivity index is 2.61. The van der Waals surface area contributed by atoms with E-state index >= 15 is 0 Å². The lowest BCUT2D eigenvalue weighted by Gasteiger charge is -2.22. The van der Waals surface area contributed by atoms with Gasteiger partial charge in [0.05, 0.1) is 12.1 Å². The Morgan fingerprint density at radius 1 is 1.20 bits per heavy atom. The predicted molar refractivity (Wildman–Crippen MR) is 45.1 cm³/mol. The van der Waals surface area contributed by atoms with Crippen LogP contribution < -0.4 is 0 Å². The van der Waals surface area contributed by atoms with Crippen LogP contribution in [0.5, 0.6) is 0 Å². The van der Waals surface area contributed by atoms with Crippen LogP contribution in [0.2, 0.25) is 0 Å². The van der Waals surface area contributed by atoms with Crippen molar-refractivity contribution in [1.29, 1.82) is 0 Å². The fraction of sp³-hybridized carbons (Fsp3) is 0.750. The molecular formula is C8H14N2. The fourth-order valence-corrected chi connectivity index (χ4v) is 1.25. The van der Waals surface area contributed by atoms with Crippen LogP contribution >= 0.6 is 0 Å². The third-order valence-corrected chi connectivity index (χ3v) is 1.82. The van der Waals surface area contributed by atoms with E-state index in [0.717, 1.165) is 0 Å². The third kappa shape index (κ3) is 1.43. The van der Waals surface area contributed by atoms with E-state index in [2.05, 4.69) is 30.8 Å². The van der Waals surface area contributed by atoms with Crippen LogP contribution in [0.3, 0.4) is 0 Å². The van der Waals surface area contributed by atoms with Gasteiger partial charge in [0, 0.05) is 12.4 Å². The van der Waals surface area contributed by atoms with Gasteiger partial charge in [-0.2, -0.15) is 0 Å². The Morgan fingerprint density at radius 3 is 2.20 bits per heavy atom. The molecule has 1 aliphatic rings. The van der Waals surface area contributed by atoms with E-state index in [4.69, 9.17) is 0 Å². The lowest BCUT2D eigenvalue weighted by molar-refractivity contribution is 0.436. The highest BCUT2D eigenvalue weighted by molar-refractivity contribution is 6.16. The predicted octanol–water partition coefficient (Wildman–Crippen LogP) is 1.55. The highest BCUT2D eigenvalue weighted by Gasteiger charge is 2.19. The van der Waals surface area contributed by atoms with Gasteiger partial charge in [0.1, 0.15) is 0 Å². The molecule has 0 bridgehead atoms. The lowest BCUT2D eigenvalue weighted by atomic mass is 9.98. The molecule has 0 N–H and O–H groups in total. The minimum absolute atomic E-state index is 0.366. The highest BCUT2D eigenvalue weighted by atomic mass is 14.9. The van der Waals surface area contributed by atoms with Crippen LogP contribution in [0.25, 0.3) is 0 Å². The SMILES string of the molecule is CC(C)C1N=CC=NC1C. The molecule has 0 aromatic rings. The van der Waals surface area contributed by atoms with Crippen LogP contribution in [-0.4, -0.2) is 24.5 Å². The number of hydrogen-bond acceptors (Lipinski definition) is 2. The summed E-state index contributed by atoms with van der Waals surface area (Å²) >= 11 is 0. The van der Waals surface area contributed by atoms with Gasteiger partial charge in [-0.25, -0.2) is 0 Å². The largest absolute Gasteiger partial charge is 0.286 e. The molecule has 56 valence electrons. The Labute approximate surface area is 62.1 Å². The van der Waals surface area contributed by atoms with Crippen molar-refractivity contribution in [3.63, 3.8) is 0 Å². The maximum Gasteiger partial charge on any atom is 0.0743 e. The summed E-state index contributed by atoms with van der Waals surface area (Å²) in [7, 11) is 0. The van der Waals surface area contributed by atoms with Crippen molar-refractivity contribution in [2.75, 3.05) is 0 Å². The van der Waals surface area contributed by atoms with Gasteiger partial charge in [-0.05, 0) is 12.8 Å². The number of rotatable bonds is 1. The van der Waals surface area contributed by atoms with E-state index in [1.807, 2.05) is 0 Å². The van der Waals surface area contributed by atoms with Crippen molar-refractivity contribution >= 4 is 12.4 Å². The van der Waals surface area contributed by atoms with Crippen LogP contribution in [0.4, 0.5) is 0 Å². The molecule has 2 unspecified atom stereocenters. The second-order valence-electron chi connectivity index (χ2n) is 3.07. The minimum Gasteiger partial charge on any atom is -0.286 e. The van der Waals surface area contributed by atoms with Crippen molar-refractivity contribution in [3.8, 4) is 0 Å². The normalized spacial score (nSPS) is 31.6. The van der Waals surface area contributed by atoms with Gasteiger partial charge >= 0.3 is 0 Å². The molecule has 0 aliphatic carbocycles. The maximum atomic E-state index is 4.34. The van der Waals surface area contributed by atoms with E-state index < -0.39 is 0 Å². The second kappa shape index (κ2) is 2.95. The van der Waals surface area contributed by atoms with Gasteiger partial charge in [-0.15, -0.1) is 0 Å². The summed E-state index contributed by atoms with van der Waals surface area (Å²) < 4.78 is 0. The first-order valence-corrected chi connectivity index (χ1v) is 3.76. The van der Waals surface area contributed by atoms with E-state index in [1.54, 1.807) is 12.4 Å². The zero-order chi connectivity index (χ0) is 7.56. The zero-order valence-electron chi connectivity index (χ0n) is 6.78. The summed E-state index contributed by atoms with van der Waals surface area (Å²) in [5.41, 5.74) is 0. The molecular weight excluding hydrogens is 124 g/mol. The Kier molecular flexibility index (Phi) is 2.20. The smallest absolute Gasteiger partial charge is 0.0743 e. The molecule has 2 heteroatoms. The molecule has 10 heavy (non-hydrogen) atoms. The van der Waals surface area contributed by atoms with E-state index in [9.17, 15) is 0 Å². The zero-order valence-corrected chi connectivity index (χ0v) is 6.78. The molecule has 0 spiro atoms. The molecule has 0 radical (unpaired) electrons. The van der Waals surface area contributed by atoms with Crippen molar-refractivity contribution in [3.05, 3.63) is 0 Å². The lowest BCUT2D eigenvalue weighted by Crippen LogP contribution is -2.27. The van der Waals surface area contributed by atoms with Gasteiger partial charge in [0.15, 0.2) is 0 Å². The van der Waals surface area contributed by atoms with Crippen molar-refractivity contribution in [2.45, 2.75) is 32.9 Å². The van der Waals surface area contributed by atoms with Crippen LogP contribution in [0.15, 0.2) is 9.98 Å². The first-order valence-electron chi connectivity index (χ1n) is 3.76. The standard InChI is InChI=1S/C8H14N2/c1-6(2)8-7(3)9-4-5-10-8/h4-8H,1-3H3. The van der Waals surface area contributed by atoms with Gasteiger partial charge in [-0.3, -0.25) is 9.98 Å². The summed E-state index contributed by atoms with van der Waals surface area (Å²) in [6, 6.07) is 0.759. The molecule has 1 heterocycles. The Bertz CT molecular complexity index is 159. The second-order valence-corrected chi connectivity index (χ2v) is 3.07. The fourth-order valence-electron chi connectivity index (χ4n) is 1.25. The summed E-state index contributed by atoms with van der Waals surface area (Å²) in [5.74, 6) is 0.601. The van der Waals surface area contributed by atoms with E-state index in [-0.39, 0.29) is 0 Å². The van der Waals surface area contributed by atoms with Crippen molar-refractivity contribution in [1.82, 2.24) is 0 Å². The molecule has 0 amide bonds.